The molecular formula is C21H32F6O5. The van der Waals surface area contributed by atoms with E-state index in [1.807, 2.05) is 0 Å². The van der Waals surface area contributed by atoms with Crippen LogP contribution in [0.1, 0.15) is 59.8 Å². The normalized spacial score (nSPS) is 31.9. The van der Waals surface area contributed by atoms with Gasteiger partial charge in [0.2, 0.25) is 0 Å². The van der Waals surface area contributed by atoms with E-state index in [0.717, 1.165) is 13.8 Å². The van der Waals surface area contributed by atoms with Crippen LogP contribution in [0.15, 0.2) is 0 Å². The Bertz CT molecular complexity index is 668. The number of aliphatic hydroxyl groups is 1. The molecule has 2 saturated carbocycles. The van der Waals surface area contributed by atoms with Gasteiger partial charge in [0.25, 0.3) is 0 Å². The van der Waals surface area contributed by atoms with Crippen molar-refractivity contribution in [1.29, 1.82) is 0 Å². The van der Waals surface area contributed by atoms with Crippen molar-refractivity contribution in [2.75, 3.05) is 19.8 Å². The number of alkyl halides is 6. The Morgan fingerprint density at radius 3 is 2.19 bits per heavy atom. The average Bonchev–Trinajstić information content (AvgIpc) is 3.20. The second-order valence-corrected chi connectivity index (χ2v) is 9.54. The van der Waals surface area contributed by atoms with Crippen molar-refractivity contribution >= 4 is 5.97 Å². The molecule has 0 aliphatic heterocycles. The molecule has 0 amide bonds. The molecule has 0 aromatic heterocycles. The van der Waals surface area contributed by atoms with Gasteiger partial charge >= 0.3 is 18.3 Å². The predicted molar refractivity (Wildman–Crippen MR) is 102 cm³/mol. The van der Waals surface area contributed by atoms with Crippen molar-refractivity contribution in [3.8, 4) is 0 Å². The zero-order chi connectivity index (χ0) is 24.6. The molecule has 6 atom stereocenters. The Hall–Kier alpha value is -1.07. The Morgan fingerprint density at radius 1 is 1.09 bits per heavy atom. The van der Waals surface area contributed by atoms with Gasteiger partial charge in [-0.3, -0.25) is 4.79 Å². The van der Waals surface area contributed by atoms with Crippen molar-refractivity contribution in [3.63, 3.8) is 0 Å². The van der Waals surface area contributed by atoms with E-state index < -0.39 is 60.0 Å². The van der Waals surface area contributed by atoms with Gasteiger partial charge in [0.15, 0.2) is 11.0 Å². The van der Waals surface area contributed by atoms with Crippen molar-refractivity contribution in [1.82, 2.24) is 0 Å². The van der Waals surface area contributed by atoms with E-state index in [1.165, 1.54) is 13.8 Å². The van der Waals surface area contributed by atoms with E-state index in [4.69, 9.17) is 19.3 Å². The Labute approximate surface area is 183 Å². The molecule has 0 radical (unpaired) electrons. The zero-order valence-electron chi connectivity index (χ0n) is 18.7. The first-order valence-corrected chi connectivity index (χ1v) is 10.8. The maximum absolute atomic E-state index is 13.6. The van der Waals surface area contributed by atoms with Crippen LogP contribution in [0.2, 0.25) is 0 Å². The molecule has 0 saturated heterocycles. The number of halogens is 6. The monoisotopic (exact) mass is 478 g/mol. The number of aliphatic hydroxyl groups excluding tert-OH is 1. The molecule has 1 N–H and O–H groups in total. The average molecular weight is 478 g/mol. The van der Waals surface area contributed by atoms with Crippen LogP contribution in [0.4, 0.5) is 26.3 Å². The molecule has 2 bridgehead atoms. The van der Waals surface area contributed by atoms with Gasteiger partial charge in [0, 0.05) is 12.5 Å². The van der Waals surface area contributed by atoms with Crippen LogP contribution in [0.3, 0.4) is 0 Å². The van der Waals surface area contributed by atoms with Gasteiger partial charge in [-0.2, -0.15) is 26.3 Å². The van der Waals surface area contributed by atoms with E-state index >= 15 is 0 Å². The highest BCUT2D eigenvalue weighted by Gasteiger charge is 2.62. The van der Waals surface area contributed by atoms with Crippen LogP contribution in [0.25, 0.3) is 0 Å². The highest BCUT2D eigenvalue weighted by molar-refractivity contribution is 5.78. The van der Waals surface area contributed by atoms with Crippen molar-refractivity contribution < 1.29 is 50.5 Å². The van der Waals surface area contributed by atoms with Gasteiger partial charge in [-0.1, -0.05) is 6.92 Å². The minimum Gasteiger partial charge on any atom is -0.458 e. The third kappa shape index (κ3) is 5.19. The van der Waals surface area contributed by atoms with Crippen LogP contribution in [-0.4, -0.2) is 60.6 Å². The van der Waals surface area contributed by atoms with Gasteiger partial charge in [0.05, 0.1) is 19.3 Å². The third-order valence-corrected chi connectivity index (χ3v) is 7.08. The van der Waals surface area contributed by atoms with Crippen LogP contribution >= 0.6 is 0 Å². The molecule has 2 aliphatic carbocycles. The number of carbonyl (C=O) groups is 1. The summed E-state index contributed by atoms with van der Waals surface area (Å²) in [7, 11) is 0. The topological polar surface area (TPSA) is 65.0 Å². The second-order valence-electron chi connectivity index (χ2n) is 9.54. The largest absolute Gasteiger partial charge is 0.458 e. The maximum Gasteiger partial charge on any atom is 0.419 e. The number of hydrogen-bond acceptors (Lipinski definition) is 5. The molecule has 188 valence electrons. The summed E-state index contributed by atoms with van der Waals surface area (Å²) >= 11 is 0. The lowest BCUT2D eigenvalue weighted by atomic mass is 9.82. The van der Waals surface area contributed by atoms with Crippen LogP contribution < -0.4 is 0 Å². The summed E-state index contributed by atoms with van der Waals surface area (Å²) in [4.78, 5) is 12.5. The number of hydrogen-bond donors (Lipinski definition) is 1. The van der Waals surface area contributed by atoms with Crippen LogP contribution in [0.5, 0.6) is 0 Å². The molecule has 0 aromatic rings. The smallest absolute Gasteiger partial charge is 0.419 e. The molecule has 6 unspecified atom stereocenters. The summed E-state index contributed by atoms with van der Waals surface area (Å²) in [5, 5.41) is 8.79. The molecule has 2 aliphatic rings. The molecule has 0 spiro atoms. The zero-order valence-corrected chi connectivity index (χ0v) is 18.7. The molecule has 11 heteroatoms. The van der Waals surface area contributed by atoms with E-state index in [2.05, 4.69) is 0 Å². The van der Waals surface area contributed by atoms with E-state index in [-0.39, 0.29) is 25.6 Å². The summed E-state index contributed by atoms with van der Waals surface area (Å²) in [5.74, 6) is -1.91. The number of fused-ring (bicyclic) bond motifs is 2. The number of rotatable bonds is 10. The van der Waals surface area contributed by atoms with Crippen molar-refractivity contribution in [3.05, 3.63) is 0 Å². The van der Waals surface area contributed by atoms with Gasteiger partial charge in [0.1, 0.15) is 5.60 Å². The highest BCUT2D eigenvalue weighted by atomic mass is 19.4. The molecule has 2 fully saturated rings. The molecular weight excluding hydrogens is 446 g/mol. The summed E-state index contributed by atoms with van der Waals surface area (Å²) in [5.41, 5.74) is -6.52. The number of carbonyl (C=O) groups excluding carboxylic acids is 1. The van der Waals surface area contributed by atoms with Crippen molar-refractivity contribution in [2.24, 2.45) is 17.3 Å². The standard InChI is InChI=1S/C21H32F6O5/c1-5-17(2,20(22,23)24)16(29)32-18(3)11-13-9-14(18)15(10-13)30-12-19(4,21(25,26)27)31-8-6-7-28/h13-15,28H,5-12H2,1-4H3. The minimum atomic E-state index is -4.79. The first-order valence-electron chi connectivity index (χ1n) is 10.8. The number of esters is 1. The molecule has 5 nitrogen and oxygen atoms in total. The van der Waals surface area contributed by atoms with Crippen molar-refractivity contribution in [2.45, 2.75) is 89.5 Å². The number of ether oxygens (including phenoxy) is 3. The Morgan fingerprint density at radius 2 is 1.72 bits per heavy atom. The fraction of sp³-hybridized carbons (Fsp3) is 0.952. The van der Waals surface area contributed by atoms with Gasteiger partial charge in [-0.15, -0.1) is 0 Å². The lowest BCUT2D eigenvalue weighted by Crippen LogP contribution is -2.53. The fourth-order valence-electron chi connectivity index (χ4n) is 4.55. The summed E-state index contributed by atoms with van der Waals surface area (Å²) in [6, 6.07) is 0. The van der Waals surface area contributed by atoms with Crippen LogP contribution in [-0.2, 0) is 19.0 Å². The van der Waals surface area contributed by atoms with Gasteiger partial charge < -0.3 is 19.3 Å². The Kier molecular flexibility index (Phi) is 7.89. The lowest BCUT2D eigenvalue weighted by molar-refractivity contribution is -0.291. The minimum absolute atomic E-state index is 0.0194. The summed E-state index contributed by atoms with van der Waals surface area (Å²) in [6.07, 6.45) is -9.41. The predicted octanol–water partition coefficient (Wildman–Crippen LogP) is 4.80. The second kappa shape index (κ2) is 9.29. The highest BCUT2D eigenvalue weighted by Crippen LogP contribution is 2.55. The van der Waals surface area contributed by atoms with Crippen LogP contribution in [0, 0.1) is 17.3 Å². The quantitative estimate of drug-likeness (QED) is 0.278. The maximum atomic E-state index is 13.6. The third-order valence-electron chi connectivity index (χ3n) is 7.08. The molecule has 32 heavy (non-hydrogen) atoms. The lowest BCUT2D eigenvalue weighted by Gasteiger charge is -2.41. The SMILES string of the molecule is CCC(C)(C(=O)OC1(C)CC2CC(OCC(C)(OCCCO)C(F)(F)F)C1C2)C(F)(F)F. The van der Waals surface area contributed by atoms with Gasteiger partial charge in [-0.25, -0.2) is 0 Å². The summed E-state index contributed by atoms with van der Waals surface area (Å²) in [6.45, 7) is 2.98. The van der Waals surface area contributed by atoms with E-state index in [1.54, 1.807) is 0 Å². The van der Waals surface area contributed by atoms with E-state index in [9.17, 15) is 31.1 Å². The fourth-order valence-corrected chi connectivity index (χ4v) is 4.55. The first kappa shape index (κ1) is 27.2. The summed E-state index contributed by atoms with van der Waals surface area (Å²) < 4.78 is 97.0. The molecule has 0 aromatic carbocycles. The van der Waals surface area contributed by atoms with Gasteiger partial charge in [-0.05, 0) is 58.8 Å². The Balaban J connectivity index is 2.10. The van der Waals surface area contributed by atoms with E-state index in [0.29, 0.717) is 19.3 Å². The molecule has 0 heterocycles. The molecule has 2 rings (SSSR count). The first-order chi connectivity index (χ1) is 14.5.